The first kappa shape index (κ1) is 11.7. The number of morpholine rings is 1. The number of nitrogens with zero attached hydrogens (tertiary/aromatic N) is 2. The Morgan fingerprint density at radius 2 is 2.28 bits per heavy atom. The number of anilines is 2. The fourth-order valence-corrected chi connectivity index (χ4v) is 3.46. The van der Waals surface area contributed by atoms with Crippen LogP contribution < -0.4 is 10.6 Å². The van der Waals surface area contributed by atoms with Crippen molar-refractivity contribution in [3.05, 3.63) is 18.2 Å². The van der Waals surface area contributed by atoms with Crippen LogP contribution >= 0.6 is 11.3 Å². The first-order valence-corrected chi connectivity index (χ1v) is 6.89. The molecule has 0 bridgehead atoms. The molecule has 0 aliphatic carbocycles. The Labute approximate surface area is 110 Å². The Bertz CT molecular complexity index is 579. The summed E-state index contributed by atoms with van der Waals surface area (Å²) in [7, 11) is 0. The molecule has 96 valence electrons. The molecule has 0 saturated carbocycles. The molecule has 0 spiro atoms. The molecule has 1 aromatic carbocycles. The average Bonchev–Trinajstić information content (AvgIpc) is 2.70. The van der Waals surface area contributed by atoms with Gasteiger partial charge in [-0.1, -0.05) is 11.3 Å². The van der Waals surface area contributed by atoms with Gasteiger partial charge in [0.2, 0.25) is 0 Å². The Kier molecular flexibility index (Phi) is 2.68. The van der Waals surface area contributed by atoms with E-state index in [1.807, 2.05) is 18.2 Å². The summed E-state index contributed by atoms with van der Waals surface area (Å²) < 4.78 is 6.69. The zero-order valence-electron chi connectivity index (χ0n) is 10.6. The Hall–Kier alpha value is -1.33. The molecule has 0 unspecified atom stereocenters. The van der Waals surface area contributed by atoms with E-state index in [2.05, 4.69) is 18.7 Å². The number of rotatable bonds is 1. The first-order chi connectivity index (χ1) is 8.56. The fourth-order valence-electron chi connectivity index (χ4n) is 2.26. The van der Waals surface area contributed by atoms with Crippen LogP contribution in [0.1, 0.15) is 13.8 Å². The summed E-state index contributed by atoms with van der Waals surface area (Å²) in [5.41, 5.74) is 7.62. The molecular weight excluding hydrogens is 246 g/mol. The molecule has 2 N–H and O–H groups in total. The van der Waals surface area contributed by atoms with Crippen molar-refractivity contribution in [1.82, 2.24) is 4.98 Å². The summed E-state index contributed by atoms with van der Waals surface area (Å²) in [6.45, 7) is 6.77. The monoisotopic (exact) mass is 263 g/mol. The number of thiazole rings is 1. The van der Waals surface area contributed by atoms with Gasteiger partial charge < -0.3 is 15.4 Å². The summed E-state index contributed by atoms with van der Waals surface area (Å²) in [4.78, 5) is 7.04. The number of hydrogen-bond acceptors (Lipinski definition) is 5. The molecule has 3 rings (SSSR count). The minimum Gasteiger partial charge on any atom is -0.399 e. The van der Waals surface area contributed by atoms with Crippen LogP contribution in [0.4, 0.5) is 10.8 Å². The van der Waals surface area contributed by atoms with E-state index >= 15 is 0 Å². The lowest BCUT2D eigenvalue weighted by Gasteiger charge is -2.41. The van der Waals surface area contributed by atoms with Crippen molar-refractivity contribution in [2.75, 3.05) is 30.4 Å². The zero-order chi connectivity index (χ0) is 12.8. The molecule has 1 aliphatic heterocycles. The summed E-state index contributed by atoms with van der Waals surface area (Å²) in [6.07, 6.45) is 0. The zero-order valence-corrected chi connectivity index (χ0v) is 11.5. The maximum atomic E-state index is 5.81. The minimum absolute atomic E-state index is 0.00231. The SMILES string of the molecule is CC1(C)COCCN1c1nc2ccc(N)cc2s1. The van der Waals surface area contributed by atoms with E-state index in [1.165, 1.54) is 0 Å². The number of benzene rings is 1. The Morgan fingerprint density at radius 1 is 1.44 bits per heavy atom. The molecule has 2 aromatic rings. The number of hydrogen-bond donors (Lipinski definition) is 1. The molecule has 0 amide bonds. The molecular formula is C13H17N3OS. The van der Waals surface area contributed by atoms with Crippen LogP contribution in [-0.2, 0) is 4.74 Å². The third-order valence-corrected chi connectivity index (χ3v) is 4.32. The Balaban J connectivity index is 2.03. The Morgan fingerprint density at radius 3 is 3.06 bits per heavy atom. The normalized spacial score (nSPS) is 19.3. The second-order valence-electron chi connectivity index (χ2n) is 5.24. The van der Waals surface area contributed by atoms with Gasteiger partial charge in [-0.2, -0.15) is 0 Å². The standard InChI is InChI=1S/C13H17N3OS/c1-13(2)8-17-6-5-16(13)12-15-10-4-3-9(14)7-11(10)18-12/h3-4,7H,5-6,8,14H2,1-2H3. The number of nitrogens with two attached hydrogens (primary N) is 1. The van der Waals surface area contributed by atoms with E-state index in [0.29, 0.717) is 0 Å². The van der Waals surface area contributed by atoms with Gasteiger partial charge in [0.25, 0.3) is 0 Å². The molecule has 1 aromatic heterocycles. The van der Waals surface area contributed by atoms with Gasteiger partial charge in [0.1, 0.15) is 0 Å². The summed E-state index contributed by atoms with van der Waals surface area (Å²) in [6, 6.07) is 5.87. The van der Waals surface area contributed by atoms with Gasteiger partial charge >= 0.3 is 0 Å². The van der Waals surface area contributed by atoms with E-state index in [-0.39, 0.29) is 5.54 Å². The van der Waals surface area contributed by atoms with Crippen LogP contribution in [0.5, 0.6) is 0 Å². The van der Waals surface area contributed by atoms with E-state index < -0.39 is 0 Å². The summed E-state index contributed by atoms with van der Waals surface area (Å²) in [5.74, 6) is 0. The van der Waals surface area contributed by atoms with E-state index in [0.717, 1.165) is 40.8 Å². The highest BCUT2D eigenvalue weighted by atomic mass is 32.1. The molecule has 5 heteroatoms. The summed E-state index contributed by atoms with van der Waals surface area (Å²) in [5, 5.41) is 1.06. The lowest BCUT2D eigenvalue weighted by molar-refractivity contribution is 0.0644. The third-order valence-electron chi connectivity index (χ3n) is 3.28. The quantitative estimate of drug-likeness (QED) is 0.803. The lowest BCUT2D eigenvalue weighted by atomic mass is 10.0. The van der Waals surface area contributed by atoms with Crippen LogP contribution in [-0.4, -0.2) is 30.3 Å². The maximum Gasteiger partial charge on any atom is 0.187 e. The maximum absolute atomic E-state index is 5.81. The average molecular weight is 263 g/mol. The molecule has 1 fully saturated rings. The van der Waals surface area contributed by atoms with Crippen molar-refractivity contribution in [3.8, 4) is 0 Å². The molecule has 0 radical (unpaired) electrons. The highest BCUT2D eigenvalue weighted by molar-refractivity contribution is 7.22. The van der Waals surface area contributed by atoms with Crippen LogP contribution in [0, 0.1) is 0 Å². The van der Waals surface area contributed by atoms with Crippen LogP contribution in [0.2, 0.25) is 0 Å². The van der Waals surface area contributed by atoms with Gasteiger partial charge in [0.05, 0.1) is 29.0 Å². The van der Waals surface area contributed by atoms with E-state index in [4.69, 9.17) is 15.5 Å². The van der Waals surface area contributed by atoms with Gasteiger partial charge in [0, 0.05) is 12.2 Å². The van der Waals surface area contributed by atoms with Gasteiger partial charge in [0.15, 0.2) is 5.13 Å². The highest BCUT2D eigenvalue weighted by Crippen LogP contribution is 2.34. The van der Waals surface area contributed by atoms with Crippen molar-refractivity contribution in [2.45, 2.75) is 19.4 Å². The van der Waals surface area contributed by atoms with Gasteiger partial charge in [-0.3, -0.25) is 0 Å². The molecule has 1 aliphatic rings. The van der Waals surface area contributed by atoms with Gasteiger partial charge in [-0.25, -0.2) is 4.98 Å². The number of nitrogen functional groups attached to an aromatic ring is 1. The van der Waals surface area contributed by atoms with Crippen molar-refractivity contribution >= 4 is 32.4 Å². The molecule has 2 heterocycles. The van der Waals surface area contributed by atoms with E-state index in [1.54, 1.807) is 11.3 Å². The van der Waals surface area contributed by atoms with E-state index in [9.17, 15) is 0 Å². The molecule has 0 atom stereocenters. The van der Waals surface area contributed by atoms with Crippen LogP contribution in [0.3, 0.4) is 0 Å². The van der Waals surface area contributed by atoms with Gasteiger partial charge in [-0.15, -0.1) is 0 Å². The third kappa shape index (κ3) is 1.93. The topological polar surface area (TPSA) is 51.4 Å². The summed E-state index contributed by atoms with van der Waals surface area (Å²) >= 11 is 1.70. The van der Waals surface area contributed by atoms with Crippen molar-refractivity contribution in [2.24, 2.45) is 0 Å². The number of ether oxygens (including phenoxy) is 1. The molecule has 1 saturated heterocycles. The molecule has 4 nitrogen and oxygen atoms in total. The van der Waals surface area contributed by atoms with Crippen molar-refractivity contribution in [3.63, 3.8) is 0 Å². The van der Waals surface area contributed by atoms with Gasteiger partial charge in [-0.05, 0) is 32.0 Å². The highest BCUT2D eigenvalue weighted by Gasteiger charge is 2.32. The van der Waals surface area contributed by atoms with Crippen molar-refractivity contribution < 1.29 is 4.74 Å². The second kappa shape index (κ2) is 4.10. The largest absolute Gasteiger partial charge is 0.399 e. The number of aromatic nitrogens is 1. The van der Waals surface area contributed by atoms with Crippen LogP contribution in [0.25, 0.3) is 10.2 Å². The fraction of sp³-hybridized carbons (Fsp3) is 0.462. The predicted molar refractivity (Wildman–Crippen MR) is 76.3 cm³/mol. The lowest BCUT2D eigenvalue weighted by Crippen LogP contribution is -2.53. The predicted octanol–water partition coefficient (Wildman–Crippen LogP) is 2.49. The van der Waals surface area contributed by atoms with Crippen LogP contribution in [0.15, 0.2) is 18.2 Å². The van der Waals surface area contributed by atoms with Crippen molar-refractivity contribution in [1.29, 1.82) is 0 Å². The number of fused-ring (bicyclic) bond motifs is 1. The second-order valence-corrected chi connectivity index (χ2v) is 6.25. The smallest absolute Gasteiger partial charge is 0.187 e. The minimum atomic E-state index is -0.00231. The first-order valence-electron chi connectivity index (χ1n) is 6.08. The molecule has 18 heavy (non-hydrogen) atoms.